The van der Waals surface area contributed by atoms with Crippen molar-refractivity contribution < 1.29 is 13.2 Å². The van der Waals surface area contributed by atoms with Crippen LogP contribution in [0.2, 0.25) is 0 Å². The summed E-state index contributed by atoms with van der Waals surface area (Å²) in [4.78, 5) is 15.1. The second kappa shape index (κ2) is 6.16. The Morgan fingerprint density at radius 2 is 2.00 bits per heavy atom. The van der Waals surface area contributed by atoms with Gasteiger partial charge in [0.1, 0.15) is 9.77 Å². The lowest BCUT2D eigenvalue weighted by Crippen LogP contribution is -2.44. The molecule has 1 aromatic rings. The van der Waals surface area contributed by atoms with Crippen LogP contribution < -0.4 is 5.32 Å². The summed E-state index contributed by atoms with van der Waals surface area (Å²) < 4.78 is 25.9. The number of sulfonamides is 1. The van der Waals surface area contributed by atoms with Gasteiger partial charge in [0.25, 0.3) is 5.91 Å². The lowest BCUT2D eigenvalue weighted by atomic mass is 9.78. The van der Waals surface area contributed by atoms with Gasteiger partial charge >= 0.3 is 0 Å². The van der Waals surface area contributed by atoms with Gasteiger partial charge in [-0.2, -0.15) is 0 Å². The molecule has 1 N–H and O–H groups in total. The van der Waals surface area contributed by atoms with E-state index in [2.05, 4.69) is 5.32 Å². The first-order chi connectivity index (χ1) is 10.9. The van der Waals surface area contributed by atoms with Gasteiger partial charge in [0, 0.05) is 33.7 Å². The first kappa shape index (κ1) is 16.9. The van der Waals surface area contributed by atoms with Crippen LogP contribution in [0.3, 0.4) is 0 Å². The van der Waals surface area contributed by atoms with E-state index < -0.39 is 10.0 Å². The highest BCUT2D eigenvalue weighted by atomic mass is 32.2. The number of hydrogen-bond donors (Lipinski definition) is 1. The molecule has 0 bridgehead atoms. The predicted molar refractivity (Wildman–Crippen MR) is 90.2 cm³/mol. The molecule has 0 aromatic carbocycles. The normalized spacial score (nSPS) is 21.3. The molecule has 23 heavy (non-hydrogen) atoms. The minimum atomic E-state index is -3.58. The molecule has 2 aliphatic rings. The van der Waals surface area contributed by atoms with Crippen molar-refractivity contribution in [3.63, 3.8) is 0 Å². The summed E-state index contributed by atoms with van der Waals surface area (Å²) in [7, 11) is -0.614. The van der Waals surface area contributed by atoms with Gasteiger partial charge in [-0.15, -0.1) is 11.3 Å². The van der Waals surface area contributed by atoms with Crippen LogP contribution in [0.1, 0.15) is 28.9 Å². The molecular formula is C15H23N3O3S2. The summed E-state index contributed by atoms with van der Waals surface area (Å²) in [6.45, 7) is 3.51. The van der Waals surface area contributed by atoms with Crippen LogP contribution in [-0.4, -0.2) is 63.8 Å². The van der Waals surface area contributed by atoms with E-state index in [1.807, 2.05) is 4.90 Å². The zero-order chi connectivity index (χ0) is 16.7. The van der Waals surface area contributed by atoms with Gasteiger partial charge in [-0.25, -0.2) is 12.7 Å². The van der Waals surface area contributed by atoms with Crippen molar-refractivity contribution in [2.45, 2.75) is 24.2 Å². The Bertz CT molecular complexity index is 681. The van der Waals surface area contributed by atoms with Crippen LogP contribution in [0.15, 0.2) is 16.3 Å². The van der Waals surface area contributed by atoms with Crippen LogP contribution in [0.5, 0.6) is 0 Å². The van der Waals surface area contributed by atoms with Crippen molar-refractivity contribution in [2.75, 3.05) is 40.3 Å². The van der Waals surface area contributed by atoms with E-state index in [4.69, 9.17) is 0 Å². The van der Waals surface area contributed by atoms with Crippen molar-refractivity contribution in [1.82, 2.24) is 14.5 Å². The highest BCUT2D eigenvalue weighted by Crippen LogP contribution is 2.37. The smallest absolute Gasteiger partial charge is 0.265 e. The van der Waals surface area contributed by atoms with Crippen LogP contribution in [0.4, 0.5) is 0 Å². The molecule has 0 aliphatic carbocycles. The Hall–Kier alpha value is -0.960. The Morgan fingerprint density at radius 1 is 1.30 bits per heavy atom. The van der Waals surface area contributed by atoms with Gasteiger partial charge in [-0.05, 0) is 42.7 Å². The van der Waals surface area contributed by atoms with Crippen molar-refractivity contribution in [2.24, 2.45) is 5.41 Å². The van der Waals surface area contributed by atoms with Gasteiger partial charge < -0.3 is 10.2 Å². The Morgan fingerprint density at radius 3 is 2.57 bits per heavy atom. The molecule has 128 valence electrons. The second-order valence-electron chi connectivity index (χ2n) is 6.62. The highest BCUT2D eigenvalue weighted by Gasteiger charge is 2.39. The van der Waals surface area contributed by atoms with E-state index >= 15 is 0 Å². The number of likely N-dealkylation sites (tertiary alicyclic amines) is 1. The van der Waals surface area contributed by atoms with Crippen molar-refractivity contribution in [3.8, 4) is 0 Å². The Balaban J connectivity index is 1.77. The maximum absolute atomic E-state index is 12.8. The van der Waals surface area contributed by atoms with Crippen molar-refractivity contribution >= 4 is 27.3 Å². The maximum atomic E-state index is 12.8. The number of rotatable bonds is 3. The third-order valence-corrected chi connectivity index (χ3v) is 7.91. The number of thiophene rings is 1. The molecule has 0 radical (unpaired) electrons. The fourth-order valence-electron chi connectivity index (χ4n) is 3.40. The SMILES string of the molecule is CN(C)S(=O)(=O)c1ccsc1C(=O)N1CCC2(CCNC2)CC1. The third-order valence-electron chi connectivity index (χ3n) is 5.03. The highest BCUT2D eigenvalue weighted by molar-refractivity contribution is 7.89. The zero-order valence-corrected chi connectivity index (χ0v) is 15.2. The minimum Gasteiger partial charge on any atom is -0.338 e. The molecule has 0 atom stereocenters. The van der Waals surface area contributed by atoms with Gasteiger partial charge in [-0.1, -0.05) is 0 Å². The van der Waals surface area contributed by atoms with Gasteiger partial charge in [0.05, 0.1) is 0 Å². The number of nitrogens with zero attached hydrogens (tertiary/aromatic N) is 2. The van der Waals surface area contributed by atoms with Crippen LogP contribution >= 0.6 is 11.3 Å². The Labute approximate surface area is 141 Å². The lowest BCUT2D eigenvalue weighted by molar-refractivity contribution is 0.0609. The summed E-state index contributed by atoms with van der Waals surface area (Å²) in [6.07, 6.45) is 3.16. The summed E-state index contributed by atoms with van der Waals surface area (Å²) >= 11 is 1.21. The first-order valence-electron chi connectivity index (χ1n) is 7.86. The molecule has 6 nitrogen and oxygen atoms in total. The fourth-order valence-corrected chi connectivity index (χ4v) is 5.66. The van der Waals surface area contributed by atoms with E-state index in [0.717, 1.165) is 30.2 Å². The summed E-state index contributed by atoms with van der Waals surface area (Å²) in [5, 5.41) is 5.09. The third kappa shape index (κ3) is 3.05. The number of carbonyl (C=O) groups excluding carboxylic acids is 1. The quantitative estimate of drug-likeness (QED) is 0.883. The van der Waals surface area contributed by atoms with Gasteiger partial charge in [0.2, 0.25) is 10.0 Å². The first-order valence-corrected chi connectivity index (χ1v) is 10.2. The van der Waals surface area contributed by atoms with Crippen molar-refractivity contribution in [1.29, 1.82) is 0 Å². The molecule has 2 aliphatic heterocycles. The molecular weight excluding hydrogens is 334 g/mol. The van der Waals surface area contributed by atoms with Crippen LogP contribution in [0, 0.1) is 5.41 Å². The summed E-state index contributed by atoms with van der Waals surface area (Å²) in [5.41, 5.74) is 0.338. The average molecular weight is 358 g/mol. The molecule has 8 heteroatoms. The average Bonchev–Trinajstić information content (AvgIpc) is 3.17. The molecule has 1 spiro atoms. The monoisotopic (exact) mass is 357 g/mol. The molecule has 3 rings (SSSR count). The largest absolute Gasteiger partial charge is 0.338 e. The van der Waals surface area contributed by atoms with E-state index in [0.29, 0.717) is 23.4 Å². The molecule has 3 heterocycles. The molecule has 1 aromatic heterocycles. The standard InChI is InChI=1S/C15H23N3O3S2/c1-17(2)23(20,21)12-3-10-22-13(12)14(19)18-8-5-15(6-9-18)4-7-16-11-15/h3,10,16H,4-9,11H2,1-2H3. The molecule has 2 saturated heterocycles. The molecule has 2 fully saturated rings. The van der Waals surface area contributed by atoms with Gasteiger partial charge in [0.15, 0.2) is 0 Å². The molecule has 1 amide bonds. The Kier molecular flexibility index (Phi) is 4.52. The maximum Gasteiger partial charge on any atom is 0.265 e. The van der Waals surface area contributed by atoms with E-state index in [1.165, 1.54) is 37.9 Å². The minimum absolute atomic E-state index is 0.125. The van der Waals surface area contributed by atoms with E-state index in [1.54, 1.807) is 5.38 Å². The van der Waals surface area contributed by atoms with Crippen LogP contribution in [-0.2, 0) is 10.0 Å². The summed E-state index contributed by atoms with van der Waals surface area (Å²) in [6, 6.07) is 1.53. The second-order valence-corrected chi connectivity index (χ2v) is 9.66. The van der Waals surface area contributed by atoms with E-state index in [-0.39, 0.29) is 10.8 Å². The van der Waals surface area contributed by atoms with E-state index in [9.17, 15) is 13.2 Å². The fraction of sp³-hybridized carbons (Fsp3) is 0.667. The molecule has 0 unspecified atom stereocenters. The number of nitrogens with one attached hydrogen (secondary N) is 1. The topological polar surface area (TPSA) is 69.7 Å². The molecule has 0 saturated carbocycles. The van der Waals surface area contributed by atoms with Crippen molar-refractivity contribution in [3.05, 3.63) is 16.3 Å². The number of carbonyl (C=O) groups is 1. The zero-order valence-electron chi connectivity index (χ0n) is 13.5. The summed E-state index contributed by atoms with van der Waals surface area (Å²) in [5.74, 6) is -0.152. The van der Waals surface area contributed by atoms with Crippen LogP contribution in [0.25, 0.3) is 0 Å². The number of piperidine rings is 1. The predicted octanol–water partition coefficient (Wildman–Crippen LogP) is 1.21. The lowest BCUT2D eigenvalue weighted by Gasteiger charge is -2.38. The number of hydrogen-bond acceptors (Lipinski definition) is 5. The number of amides is 1. The van der Waals surface area contributed by atoms with Gasteiger partial charge in [-0.3, -0.25) is 4.79 Å².